The molecule has 0 fully saturated rings. The molecule has 118 valence electrons. The van der Waals surface area contributed by atoms with Gasteiger partial charge in [0.15, 0.2) is 0 Å². The summed E-state index contributed by atoms with van der Waals surface area (Å²) in [7, 11) is 0. The van der Waals surface area contributed by atoms with Crippen LogP contribution in [0.1, 0.15) is 5.56 Å². The quantitative estimate of drug-likeness (QED) is 0.574. The molecule has 2 heterocycles. The Morgan fingerprint density at radius 1 is 0.833 bits per heavy atom. The van der Waals surface area contributed by atoms with Crippen LogP contribution in [0.5, 0.6) is 0 Å². The second-order valence-corrected chi connectivity index (χ2v) is 5.79. The fraction of sp³-hybridized carbons (Fsp3) is 0.0588. The zero-order chi connectivity index (χ0) is 16.5. The van der Waals surface area contributed by atoms with Gasteiger partial charge in [0.2, 0.25) is 0 Å². The van der Waals surface area contributed by atoms with Gasteiger partial charge in [-0.05, 0) is 48.4 Å². The van der Waals surface area contributed by atoms with Crippen LogP contribution in [-0.2, 0) is 0 Å². The van der Waals surface area contributed by atoms with Gasteiger partial charge in [-0.3, -0.25) is 0 Å². The summed E-state index contributed by atoms with van der Waals surface area (Å²) >= 11 is 6.25. The topological polar surface area (TPSA) is 61.4 Å². The van der Waals surface area contributed by atoms with E-state index in [0.29, 0.717) is 5.02 Å². The summed E-state index contributed by atoms with van der Waals surface area (Å²) in [5.74, 6) is 0. The number of aromatic nitrogens is 6. The van der Waals surface area contributed by atoms with Gasteiger partial charge in [0.05, 0.1) is 36.2 Å². The third-order valence-corrected chi connectivity index (χ3v) is 4.06. The lowest BCUT2D eigenvalue weighted by Crippen LogP contribution is -2.01. The van der Waals surface area contributed by atoms with E-state index in [1.54, 1.807) is 21.8 Å². The predicted octanol–water partition coefficient (Wildman–Crippen LogP) is 3.48. The van der Waals surface area contributed by atoms with E-state index in [0.717, 1.165) is 28.1 Å². The second-order valence-electron chi connectivity index (χ2n) is 5.36. The van der Waals surface area contributed by atoms with E-state index < -0.39 is 0 Å². The van der Waals surface area contributed by atoms with Crippen molar-refractivity contribution >= 4 is 11.6 Å². The first-order chi connectivity index (χ1) is 11.7. The average molecular weight is 337 g/mol. The largest absolute Gasteiger partial charge is 0.221 e. The molecule has 0 atom stereocenters. The summed E-state index contributed by atoms with van der Waals surface area (Å²) in [6, 6.07) is 11.8. The maximum atomic E-state index is 6.25. The van der Waals surface area contributed by atoms with Crippen LogP contribution in [0.3, 0.4) is 0 Å². The molecule has 0 saturated carbocycles. The van der Waals surface area contributed by atoms with Gasteiger partial charge >= 0.3 is 0 Å². The van der Waals surface area contributed by atoms with Crippen molar-refractivity contribution in [2.45, 2.75) is 6.92 Å². The van der Waals surface area contributed by atoms with Crippen LogP contribution >= 0.6 is 11.6 Å². The summed E-state index contributed by atoms with van der Waals surface area (Å²) in [5.41, 5.74) is 5.00. The van der Waals surface area contributed by atoms with E-state index in [1.165, 1.54) is 0 Å². The van der Waals surface area contributed by atoms with E-state index in [-0.39, 0.29) is 0 Å². The van der Waals surface area contributed by atoms with Gasteiger partial charge in [0, 0.05) is 10.6 Å². The maximum absolute atomic E-state index is 6.25. The van der Waals surface area contributed by atoms with Gasteiger partial charge in [-0.25, -0.2) is 9.36 Å². The Balaban J connectivity index is 1.93. The average Bonchev–Trinajstić information content (AvgIpc) is 3.29. The SMILES string of the molecule is Cc1ccc(-n2ccnn2)cc1-c1cc(Cl)ccc1-n1ccnn1. The third kappa shape index (κ3) is 2.57. The van der Waals surface area contributed by atoms with Crippen LogP contribution in [0, 0.1) is 6.92 Å². The number of nitrogens with zero attached hydrogens (tertiary/aromatic N) is 6. The molecule has 0 aliphatic rings. The highest BCUT2D eigenvalue weighted by Gasteiger charge is 2.12. The Morgan fingerprint density at radius 3 is 2.29 bits per heavy atom. The first kappa shape index (κ1) is 14.6. The van der Waals surface area contributed by atoms with Gasteiger partial charge in [-0.15, -0.1) is 10.2 Å². The zero-order valence-corrected chi connectivity index (χ0v) is 13.6. The number of halogens is 1. The van der Waals surface area contributed by atoms with Crippen molar-refractivity contribution < 1.29 is 0 Å². The Bertz CT molecular complexity index is 977. The number of benzene rings is 2. The van der Waals surface area contributed by atoms with Crippen LogP contribution in [0.25, 0.3) is 22.5 Å². The first-order valence-corrected chi connectivity index (χ1v) is 7.74. The van der Waals surface area contributed by atoms with Crippen LogP contribution in [-0.4, -0.2) is 30.0 Å². The van der Waals surface area contributed by atoms with Crippen molar-refractivity contribution in [3.63, 3.8) is 0 Å². The molecule has 7 heteroatoms. The predicted molar refractivity (Wildman–Crippen MR) is 91.5 cm³/mol. The summed E-state index contributed by atoms with van der Waals surface area (Å²) < 4.78 is 3.45. The second kappa shape index (κ2) is 5.90. The Kier molecular flexibility index (Phi) is 3.59. The Morgan fingerprint density at radius 2 is 1.58 bits per heavy atom. The molecule has 4 rings (SSSR count). The van der Waals surface area contributed by atoms with Crippen LogP contribution in [0.2, 0.25) is 5.02 Å². The highest BCUT2D eigenvalue weighted by molar-refractivity contribution is 6.31. The fourth-order valence-electron chi connectivity index (χ4n) is 2.65. The smallest absolute Gasteiger partial charge is 0.0742 e. The standard InChI is InChI=1S/C17H13ClN6/c1-12-2-4-14(23-8-6-19-21-23)11-15(12)16-10-13(18)3-5-17(16)24-9-7-20-22-24/h2-11H,1H3. The van der Waals surface area contributed by atoms with Crippen molar-refractivity contribution in [3.8, 4) is 22.5 Å². The molecule has 0 aliphatic heterocycles. The van der Waals surface area contributed by atoms with E-state index >= 15 is 0 Å². The molecular weight excluding hydrogens is 324 g/mol. The lowest BCUT2D eigenvalue weighted by atomic mass is 9.98. The number of rotatable bonds is 3. The molecule has 2 aromatic heterocycles. The molecule has 4 aromatic rings. The van der Waals surface area contributed by atoms with Crippen molar-refractivity contribution in [1.29, 1.82) is 0 Å². The van der Waals surface area contributed by atoms with Crippen molar-refractivity contribution in [2.75, 3.05) is 0 Å². The first-order valence-electron chi connectivity index (χ1n) is 7.36. The zero-order valence-electron chi connectivity index (χ0n) is 12.8. The summed E-state index contributed by atoms with van der Waals surface area (Å²) in [6.07, 6.45) is 6.92. The third-order valence-electron chi connectivity index (χ3n) is 3.83. The van der Waals surface area contributed by atoms with Crippen molar-refractivity contribution in [2.24, 2.45) is 0 Å². The fourth-order valence-corrected chi connectivity index (χ4v) is 2.82. The van der Waals surface area contributed by atoms with E-state index in [4.69, 9.17) is 11.6 Å². The van der Waals surface area contributed by atoms with E-state index in [2.05, 4.69) is 39.7 Å². The summed E-state index contributed by atoms with van der Waals surface area (Å²) in [6.45, 7) is 2.06. The lowest BCUT2D eigenvalue weighted by Gasteiger charge is -2.14. The van der Waals surface area contributed by atoms with Crippen LogP contribution < -0.4 is 0 Å². The molecule has 0 bridgehead atoms. The van der Waals surface area contributed by atoms with E-state index in [9.17, 15) is 0 Å². The minimum Gasteiger partial charge on any atom is -0.221 e. The number of hydrogen-bond donors (Lipinski definition) is 0. The molecule has 0 radical (unpaired) electrons. The van der Waals surface area contributed by atoms with Gasteiger partial charge in [0.25, 0.3) is 0 Å². The molecule has 2 aromatic carbocycles. The number of hydrogen-bond acceptors (Lipinski definition) is 4. The molecular formula is C17H13ClN6. The van der Waals surface area contributed by atoms with Crippen molar-refractivity contribution in [1.82, 2.24) is 30.0 Å². The maximum Gasteiger partial charge on any atom is 0.0742 e. The summed E-state index contributed by atoms with van der Waals surface area (Å²) in [5, 5.41) is 16.6. The van der Waals surface area contributed by atoms with Gasteiger partial charge in [-0.1, -0.05) is 28.1 Å². The van der Waals surface area contributed by atoms with Gasteiger partial charge < -0.3 is 0 Å². The van der Waals surface area contributed by atoms with Gasteiger partial charge in [0.1, 0.15) is 0 Å². The van der Waals surface area contributed by atoms with Crippen LogP contribution in [0.15, 0.2) is 61.2 Å². The molecule has 6 nitrogen and oxygen atoms in total. The molecule has 0 spiro atoms. The van der Waals surface area contributed by atoms with Crippen molar-refractivity contribution in [3.05, 3.63) is 71.8 Å². The Labute approximate surface area is 143 Å². The summed E-state index contributed by atoms with van der Waals surface area (Å²) in [4.78, 5) is 0. The molecule has 0 amide bonds. The molecule has 0 unspecified atom stereocenters. The Hall–Kier alpha value is -2.99. The minimum absolute atomic E-state index is 0.666. The normalized spacial score (nSPS) is 10.9. The number of aryl methyl sites for hydroxylation is 1. The van der Waals surface area contributed by atoms with Crippen LogP contribution in [0.4, 0.5) is 0 Å². The van der Waals surface area contributed by atoms with Gasteiger partial charge in [-0.2, -0.15) is 0 Å². The highest BCUT2D eigenvalue weighted by atomic mass is 35.5. The molecule has 0 saturated heterocycles. The highest BCUT2D eigenvalue weighted by Crippen LogP contribution is 2.32. The monoisotopic (exact) mass is 336 g/mol. The molecule has 24 heavy (non-hydrogen) atoms. The molecule has 0 N–H and O–H groups in total. The molecule has 0 aliphatic carbocycles. The lowest BCUT2D eigenvalue weighted by molar-refractivity contribution is 0.801. The van der Waals surface area contributed by atoms with E-state index in [1.807, 2.05) is 36.7 Å². The minimum atomic E-state index is 0.666.